The highest BCUT2D eigenvalue weighted by Crippen LogP contribution is 2.22. The van der Waals surface area contributed by atoms with Gasteiger partial charge in [0.2, 0.25) is 0 Å². The van der Waals surface area contributed by atoms with Gasteiger partial charge in [0.1, 0.15) is 5.82 Å². The van der Waals surface area contributed by atoms with Crippen molar-refractivity contribution in [3.8, 4) is 0 Å². The fourth-order valence-corrected chi connectivity index (χ4v) is 2.84. The molecule has 2 aromatic carbocycles. The molecular formula is C18H19ClN4O. The Bertz CT molecular complexity index is 888. The van der Waals surface area contributed by atoms with E-state index < -0.39 is 0 Å². The lowest BCUT2D eigenvalue weighted by atomic mass is 10.2. The van der Waals surface area contributed by atoms with E-state index in [1.165, 1.54) is 0 Å². The van der Waals surface area contributed by atoms with E-state index in [-0.39, 0.29) is 6.03 Å². The van der Waals surface area contributed by atoms with Crippen LogP contribution in [0.1, 0.15) is 11.4 Å². The Balaban J connectivity index is 1.60. The van der Waals surface area contributed by atoms with Gasteiger partial charge in [-0.25, -0.2) is 9.78 Å². The van der Waals surface area contributed by atoms with E-state index in [1.807, 2.05) is 50.2 Å². The van der Waals surface area contributed by atoms with E-state index in [9.17, 15) is 4.79 Å². The van der Waals surface area contributed by atoms with E-state index >= 15 is 0 Å². The second-order valence-corrected chi connectivity index (χ2v) is 6.00. The highest BCUT2D eigenvalue weighted by molar-refractivity contribution is 6.31. The lowest BCUT2D eigenvalue weighted by molar-refractivity contribution is 0.251. The quantitative estimate of drug-likeness (QED) is 0.749. The molecule has 0 radical (unpaired) electrons. The normalized spacial score (nSPS) is 10.8. The van der Waals surface area contributed by atoms with Crippen LogP contribution in [0.5, 0.6) is 0 Å². The van der Waals surface area contributed by atoms with E-state index in [4.69, 9.17) is 11.6 Å². The fraction of sp³-hybridized carbons (Fsp3) is 0.222. The summed E-state index contributed by atoms with van der Waals surface area (Å²) in [5.41, 5.74) is 3.60. The molecule has 0 unspecified atom stereocenters. The summed E-state index contributed by atoms with van der Waals surface area (Å²) in [4.78, 5) is 16.6. The van der Waals surface area contributed by atoms with Crippen molar-refractivity contribution in [2.45, 2.75) is 20.4 Å². The Labute approximate surface area is 145 Å². The SMILES string of the molecule is Cc1c(Cl)cccc1NC(=O)NCCn1c(C)nc2ccccc21. The predicted molar refractivity (Wildman–Crippen MR) is 97.7 cm³/mol. The number of aryl methyl sites for hydroxylation is 1. The van der Waals surface area contributed by atoms with Crippen LogP contribution in [0, 0.1) is 13.8 Å². The van der Waals surface area contributed by atoms with Crippen LogP contribution >= 0.6 is 11.6 Å². The number of rotatable bonds is 4. The number of imidazole rings is 1. The summed E-state index contributed by atoms with van der Waals surface area (Å²) >= 11 is 6.06. The van der Waals surface area contributed by atoms with Crippen molar-refractivity contribution in [1.29, 1.82) is 0 Å². The second-order valence-electron chi connectivity index (χ2n) is 5.59. The Hall–Kier alpha value is -2.53. The van der Waals surface area contributed by atoms with Gasteiger partial charge in [0.05, 0.1) is 11.0 Å². The maximum atomic E-state index is 12.1. The van der Waals surface area contributed by atoms with E-state index in [0.29, 0.717) is 23.8 Å². The van der Waals surface area contributed by atoms with Gasteiger partial charge in [-0.3, -0.25) is 0 Å². The first-order valence-corrected chi connectivity index (χ1v) is 8.16. The summed E-state index contributed by atoms with van der Waals surface area (Å²) < 4.78 is 2.10. The van der Waals surface area contributed by atoms with Crippen molar-refractivity contribution in [1.82, 2.24) is 14.9 Å². The molecule has 6 heteroatoms. The van der Waals surface area contributed by atoms with Crippen LogP contribution in [0.15, 0.2) is 42.5 Å². The molecule has 0 saturated carbocycles. The summed E-state index contributed by atoms with van der Waals surface area (Å²) in [6, 6.07) is 13.2. The van der Waals surface area contributed by atoms with Gasteiger partial charge in [-0.2, -0.15) is 0 Å². The molecule has 3 rings (SSSR count). The molecule has 2 amide bonds. The van der Waals surface area contributed by atoms with Crippen LogP contribution in [-0.2, 0) is 6.54 Å². The maximum Gasteiger partial charge on any atom is 0.319 e. The number of carbonyl (C=O) groups is 1. The average Bonchev–Trinajstić information content (AvgIpc) is 2.88. The molecule has 5 nitrogen and oxygen atoms in total. The minimum atomic E-state index is -0.248. The fourth-order valence-electron chi connectivity index (χ4n) is 2.67. The van der Waals surface area contributed by atoms with Gasteiger partial charge in [-0.15, -0.1) is 0 Å². The zero-order valence-electron chi connectivity index (χ0n) is 13.6. The van der Waals surface area contributed by atoms with Gasteiger partial charge >= 0.3 is 6.03 Å². The van der Waals surface area contributed by atoms with Crippen LogP contribution in [0.2, 0.25) is 5.02 Å². The van der Waals surface area contributed by atoms with Crippen LogP contribution in [-0.4, -0.2) is 22.1 Å². The number of hydrogen-bond acceptors (Lipinski definition) is 2. The van der Waals surface area contributed by atoms with Gasteiger partial charge < -0.3 is 15.2 Å². The number of urea groups is 1. The smallest absolute Gasteiger partial charge is 0.319 e. The van der Waals surface area contributed by atoms with Gasteiger partial charge in [-0.05, 0) is 43.7 Å². The highest BCUT2D eigenvalue weighted by Gasteiger charge is 2.08. The molecule has 24 heavy (non-hydrogen) atoms. The molecule has 0 aliphatic carbocycles. The van der Waals surface area contributed by atoms with E-state index in [1.54, 1.807) is 6.07 Å². The van der Waals surface area contributed by atoms with Gasteiger partial charge in [0.15, 0.2) is 0 Å². The number of amides is 2. The minimum Gasteiger partial charge on any atom is -0.336 e. The molecule has 0 aliphatic heterocycles. The van der Waals surface area contributed by atoms with Crippen LogP contribution in [0.3, 0.4) is 0 Å². The molecule has 3 aromatic rings. The molecule has 1 aromatic heterocycles. The number of para-hydroxylation sites is 2. The van der Waals surface area contributed by atoms with Crippen molar-refractivity contribution < 1.29 is 4.79 Å². The molecule has 0 saturated heterocycles. The zero-order valence-corrected chi connectivity index (χ0v) is 14.4. The summed E-state index contributed by atoms with van der Waals surface area (Å²) in [5, 5.41) is 6.32. The van der Waals surface area contributed by atoms with Crippen molar-refractivity contribution in [3.63, 3.8) is 0 Å². The maximum absolute atomic E-state index is 12.1. The number of anilines is 1. The third-order valence-electron chi connectivity index (χ3n) is 3.98. The number of aromatic nitrogens is 2. The van der Waals surface area contributed by atoms with Crippen molar-refractivity contribution in [3.05, 3.63) is 58.9 Å². The molecule has 0 fully saturated rings. The number of carbonyl (C=O) groups excluding carboxylic acids is 1. The van der Waals surface area contributed by atoms with Crippen molar-refractivity contribution >= 4 is 34.4 Å². The first-order chi connectivity index (χ1) is 11.6. The molecule has 0 atom stereocenters. The molecule has 0 spiro atoms. The monoisotopic (exact) mass is 342 g/mol. The van der Waals surface area contributed by atoms with Gasteiger partial charge in [-0.1, -0.05) is 29.8 Å². The predicted octanol–water partition coefficient (Wildman–Crippen LogP) is 4.13. The number of hydrogen-bond donors (Lipinski definition) is 2. The lowest BCUT2D eigenvalue weighted by Gasteiger charge is -2.12. The molecular weight excluding hydrogens is 324 g/mol. The molecule has 0 bridgehead atoms. The number of halogens is 1. The minimum absolute atomic E-state index is 0.248. The van der Waals surface area contributed by atoms with E-state index in [0.717, 1.165) is 22.4 Å². The Morgan fingerprint density at radius 2 is 1.96 bits per heavy atom. The molecule has 1 heterocycles. The summed E-state index contributed by atoms with van der Waals surface area (Å²) in [6.07, 6.45) is 0. The summed E-state index contributed by atoms with van der Waals surface area (Å²) in [5.74, 6) is 0.934. The summed E-state index contributed by atoms with van der Waals surface area (Å²) in [6.45, 7) is 5.01. The number of nitrogens with one attached hydrogen (secondary N) is 2. The third-order valence-corrected chi connectivity index (χ3v) is 4.39. The first kappa shape index (κ1) is 16.3. The topological polar surface area (TPSA) is 59.0 Å². The molecule has 2 N–H and O–H groups in total. The molecule has 0 aliphatic rings. The second kappa shape index (κ2) is 6.93. The first-order valence-electron chi connectivity index (χ1n) is 7.78. The Morgan fingerprint density at radius 3 is 2.79 bits per heavy atom. The lowest BCUT2D eigenvalue weighted by Crippen LogP contribution is -2.31. The van der Waals surface area contributed by atoms with Crippen LogP contribution in [0.25, 0.3) is 11.0 Å². The van der Waals surface area contributed by atoms with E-state index in [2.05, 4.69) is 20.2 Å². The Morgan fingerprint density at radius 1 is 1.17 bits per heavy atom. The van der Waals surface area contributed by atoms with Gasteiger partial charge in [0.25, 0.3) is 0 Å². The average molecular weight is 343 g/mol. The van der Waals surface area contributed by atoms with Gasteiger partial charge in [0, 0.05) is 23.8 Å². The summed E-state index contributed by atoms with van der Waals surface area (Å²) in [7, 11) is 0. The third kappa shape index (κ3) is 3.36. The Kier molecular flexibility index (Phi) is 4.71. The number of benzene rings is 2. The van der Waals surface area contributed by atoms with Crippen LogP contribution in [0.4, 0.5) is 10.5 Å². The largest absolute Gasteiger partial charge is 0.336 e. The standard InChI is InChI=1S/C18H19ClN4O/c1-12-14(19)6-5-8-15(12)22-18(24)20-10-11-23-13(2)21-16-7-3-4-9-17(16)23/h3-9H,10-11H2,1-2H3,(H2,20,22,24). The number of nitrogens with zero attached hydrogens (tertiary/aromatic N) is 2. The zero-order chi connectivity index (χ0) is 17.1. The number of fused-ring (bicyclic) bond motifs is 1. The van der Waals surface area contributed by atoms with Crippen LogP contribution < -0.4 is 10.6 Å². The highest BCUT2D eigenvalue weighted by atomic mass is 35.5. The molecule has 124 valence electrons. The van der Waals surface area contributed by atoms with Crippen molar-refractivity contribution in [2.75, 3.05) is 11.9 Å². The van der Waals surface area contributed by atoms with Crippen molar-refractivity contribution in [2.24, 2.45) is 0 Å².